The van der Waals surface area contributed by atoms with Crippen molar-refractivity contribution in [1.82, 2.24) is 30.7 Å². The molecule has 0 radical (unpaired) electrons. The van der Waals surface area contributed by atoms with E-state index >= 15 is 0 Å². The second-order valence-corrected chi connectivity index (χ2v) is 8.55. The van der Waals surface area contributed by atoms with Crippen LogP contribution in [0.4, 0.5) is 9.18 Å². The minimum Gasteiger partial charge on any atom is -0.361 e. The van der Waals surface area contributed by atoms with Gasteiger partial charge in [0.25, 0.3) is 0 Å². The molecule has 8 nitrogen and oxygen atoms in total. The van der Waals surface area contributed by atoms with Gasteiger partial charge in [0.15, 0.2) is 0 Å². The van der Waals surface area contributed by atoms with Crippen LogP contribution in [0.25, 0.3) is 0 Å². The number of amides is 2. The minimum absolute atomic E-state index is 0.0253. The first-order chi connectivity index (χ1) is 15.9. The second kappa shape index (κ2) is 9.84. The first-order valence-corrected chi connectivity index (χ1v) is 11.1. The molecule has 10 heteroatoms. The normalized spacial score (nSPS) is 14.2. The molecular formula is C23H26ClFN6O2. The Labute approximate surface area is 196 Å². The van der Waals surface area contributed by atoms with Gasteiger partial charge in [-0.05, 0) is 50.6 Å². The van der Waals surface area contributed by atoms with E-state index in [9.17, 15) is 9.18 Å². The second-order valence-electron chi connectivity index (χ2n) is 8.14. The summed E-state index contributed by atoms with van der Waals surface area (Å²) in [6, 6.07) is 3.90. The summed E-state index contributed by atoms with van der Waals surface area (Å²) in [6.07, 6.45) is 3.04. The van der Waals surface area contributed by atoms with Crippen molar-refractivity contribution in [2.24, 2.45) is 0 Å². The molecule has 2 amide bonds. The molecule has 4 rings (SSSR count). The lowest BCUT2D eigenvalue weighted by molar-refractivity contribution is 0.187. The number of aryl methyl sites for hydroxylation is 2. The molecule has 1 aliphatic heterocycles. The predicted octanol–water partition coefficient (Wildman–Crippen LogP) is 3.49. The third-order valence-electron chi connectivity index (χ3n) is 5.85. The summed E-state index contributed by atoms with van der Waals surface area (Å²) in [5.74, 6) is 0.931. The molecule has 1 aliphatic rings. The van der Waals surface area contributed by atoms with E-state index < -0.39 is 5.82 Å². The lowest BCUT2D eigenvalue weighted by atomic mass is 10.1. The van der Waals surface area contributed by atoms with Crippen molar-refractivity contribution in [2.75, 3.05) is 20.1 Å². The maximum atomic E-state index is 13.6. The van der Waals surface area contributed by atoms with Crippen molar-refractivity contribution in [3.63, 3.8) is 0 Å². The Morgan fingerprint density at radius 1 is 1.36 bits per heavy atom. The monoisotopic (exact) mass is 472 g/mol. The summed E-state index contributed by atoms with van der Waals surface area (Å²) in [6.45, 7) is 5.18. The van der Waals surface area contributed by atoms with E-state index in [4.69, 9.17) is 21.1 Å². The highest BCUT2D eigenvalue weighted by Gasteiger charge is 2.25. The fourth-order valence-corrected chi connectivity index (χ4v) is 4.13. The molecule has 1 atom stereocenters. The van der Waals surface area contributed by atoms with Gasteiger partial charge < -0.3 is 20.1 Å². The molecule has 3 heterocycles. The highest BCUT2D eigenvalue weighted by Crippen LogP contribution is 2.23. The zero-order valence-electron chi connectivity index (χ0n) is 18.8. The van der Waals surface area contributed by atoms with Crippen LogP contribution in [0.2, 0.25) is 5.02 Å². The summed E-state index contributed by atoms with van der Waals surface area (Å²) >= 11 is 5.94. The molecule has 2 aromatic heterocycles. The first kappa shape index (κ1) is 23.1. The third kappa shape index (κ3) is 5.15. The SMILES string of the molecule is CNC[C@@H](NC(=O)N1CCc2cnc(Cc3c(C)noc3C)nc2C1)c1ccc(F)c(Cl)c1. The van der Waals surface area contributed by atoms with Crippen molar-refractivity contribution < 1.29 is 13.7 Å². The van der Waals surface area contributed by atoms with Gasteiger partial charge in [-0.1, -0.05) is 22.8 Å². The molecule has 0 saturated heterocycles. The number of rotatable bonds is 6. The summed E-state index contributed by atoms with van der Waals surface area (Å²) in [7, 11) is 1.79. The number of nitrogens with zero attached hydrogens (tertiary/aromatic N) is 4. The number of hydrogen-bond donors (Lipinski definition) is 2. The predicted molar refractivity (Wildman–Crippen MR) is 122 cm³/mol. The summed E-state index contributed by atoms with van der Waals surface area (Å²) in [4.78, 5) is 24.0. The van der Waals surface area contributed by atoms with Gasteiger partial charge >= 0.3 is 6.03 Å². The van der Waals surface area contributed by atoms with Crippen LogP contribution in [0.15, 0.2) is 28.9 Å². The number of aromatic nitrogens is 3. The Balaban J connectivity index is 1.47. The zero-order chi connectivity index (χ0) is 23.5. The molecule has 0 fully saturated rings. The minimum atomic E-state index is -0.491. The molecule has 0 saturated carbocycles. The quantitative estimate of drug-likeness (QED) is 0.570. The lowest BCUT2D eigenvalue weighted by Gasteiger charge is -2.30. The van der Waals surface area contributed by atoms with Crippen molar-refractivity contribution in [2.45, 2.75) is 39.3 Å². The number of likely N-dealkylation sites (N-methyl/N-ethyl adjacent to an activating group) is 1. The number of halogens is 2. The zero-order valence-corrected chi connectivity index (χ0v) is 19.5. The van der Waals surface area contributed by atoms with Gasteiger partial charge in [-0.25, -0.2) is 19.2 Å². The van der Waals surface area contributed by atoms with Crippen LogP contribution in [-0.4, -0.2) is 46.2 Å². The largest absolute Gasteiger partial charge is 0.361 e. The van der Waals surface area contributed by atoms with Crippen LogP contribution in [0, 0.1) is 19.7 Å². The Hall–Kier alpha value is -3.04. The average molecular weight is 473 g/mol. The van der Waals surface area contributed by atoms with E-state index in [0.717, 1.165) is 33.8 Å². The van der Waals surface area contributed by atoms with Gasteiger partial charge in [-0.3, -0.25) is 0 Å². The highest BCUT2D eigenvalue weighted by molar-refractivity contribution is 6.30. The number of benzene rings is 1. The summed E-state index contributed by atoms with van der Waals surface area (Å²) < 4.78 is 18.8. The topological polar surface area (TPSA) is 96.2 Å². The van der Waals surface area contributed by atoms with Gasteiger partial charge in [0, 0.05) is 31.3 Å². The van der Waals surface area contributed by atoms with Gasteiger partial charge in [0.05, 0.1) is 29.0 Å². The average Bonchev–Trinajstić information content (AvgIpc) is 3.12. The fourth-order valence-electron chi connectivity index (χ4n) is 3.94. The van der Waals surface area contributed by atoms with Crippen LogP contribution >= 0.6 is 11.6 Å². The lowest BCUT2D eigenvalue weighted by Crippen LogP contribution is -2.46. The van der Waals surface area contributed by atoms with Crippen molar-refractivity contribution in [3.05, 3.63) is 74.9 Å². The standard InChI is InChI=1S/C23H26ClFN6O2/c1-13-17(14(2)33-30-13)9-22-27-10-16-6-7-31(12-21(16)28-22)23(32)29-20(11-26-3)15-4-5-19(25)18(24)8-15/h4-5,8,10,20,26H,6-7,9,11-12H2,1-3H3,(H,29,32)/t20-/m1/s1. The van der Waals surface area contributed by atoms with Crippen LogP contribution in [0.3, 0.4) is 0 Å². The molecule has 33 heavy (non-hydrogen) atoms. The van der Waals surface area contributed by atoms with Crippen LogP contribution in [-0.2, 0) is 19.4 Å². The Morgan fingerprint density at radius 2 is 2.18 bits per heavy atom. The Bertz CT molecular complexity index is 1150. The molecule has 0 spiro atoms. The van der Waals surface area contributed by atoms with Crippen LogP contribution < -0.4 is 10.6 Å². The van der Waals surface area contributed by atoms with E-state index in [1.54, 1.807) is 24.1 Å². The fraction of sp³-hybridized carbons (Fsp3) is 0.391. The maximum Gasteiger partial charge on any atom is 0.318 e. The summed E-state index contributed by atoms with van der Waals surface area (Å²) in [5.41, 5.74) is 4.41. The van der Waals surface area contributed by atoms with Crippen LogP contribution in [0.1, 0.15) is 45.7 Å². The molecular weight excluding hydrogens is 447 g/mol. The van der Waals surface area contributed by atoms with Gasteiger partial charge in [0.1, 0.15) is 17.4 Å². The van der Waals surface area contributed by atoms with Gasteiger partial charge in [-0.15, -0.1) is 0 Å². The van der Waals surface area contributed by atoms with E-state index in [-0.39, 0.29) is 17.1 Å². The molecule has 3 aromatic rings. The number of hydrogen-bond acceptors (Lipinski definition) is 6. The van der Waals surface area contributed by atoms with E-state index in [2.05, 4.69) is 20.8 Å². The maximum absolute atomic E-state index is 13.6. The number of carbonyl (C=O) groups is 1. The van der Waals surface area contributed by atoms with E-state index in [1.807, 2.05) is 20.0 Å². The van der Waals surface area contributed by atoms with Crippen molar-refractivity contribution >= 4 is 17.6 Å². The number of fused-ring (bicyclic) bond motifs is 1. The first-order valence-electron chi connectivity index (χ1n) is 10.8. The van der Waals surface area contributed by atoms with E-state index in [0.29, 0.717) is 38.3 Å². The molecule has 0 aliphatic carbocycles. The smallest absolute Gasteiger partial charge is 0.318 e. The Kier molecular flexibility index (Phi) is 6.90. The van der Waals surface area contributed by atoms with Gasteiger partial charge in [-0.2, -0.15) is 0 Å². The van der Waals surface area contributed by atoms with Crippen LogP contribution in [0.5, 0.6) is 0 Å². The third-order valence-corrected chi connectivity index (χ3v) is 6.14. The highest BCUT2D eigenvalue weighted by atomic mass is 35.5. The van der Waals surface area contributed by atoms with Crippen molar-refractivity contribution in [3.8, 4) is 0 Å². The Morgan fingerprint density at radius 3 is 2.88 bits per heavy atom. The number of carbonyl (C=O) groups excluding carboxylic acids is 1. The van der Waals surface area contributed by atoms with E-state index in [1.165, 1.54) is 6.07 Å². The number of urea groups is 1. The molecule has 0 bridgehead atoms. The molecule has 2 N–H and O–H groups in total. The molecule has 174 valence electrons. The molecule has 0 unspecified atom stereocenters. The van der Waals surface area contributed by atoms with Crippen molar-refractivity contribution in [1.29, 1.82) is 0 Å². The van der Waals surface area contributed by atoms with Gasteiger partial charge in [0.2, 0.25) is 0 Å². The summed E-state index contributed by atoms with van der Waals surface area (Å²) in [5, 5.41) is 10.1. The number of nitrogens with one attached hydrogen (secondary N) is 2. The molecule has 1 aromatic carbocycles.